The topological polar surface area (TPSA) is 32.9 Å². The van der Waals surface area contributed by atoms with Gasteiger partial charge in [0.15, 0.2) is 5.78 Å². The van der Waals surface area contributed by atoms with E-state index in [9.17, 15) is 4.79 Å². The summed E-state index contributed by atoms with van der Waals surface area (Å²) in [4.78, 5) is 14.7. The minimum Gasteiger partial charge on any atom is -0.367 e. The van der Waals surface area contributed by atoms with Gasteiger partial charge in [-0.2, -0.15) is 0 Å². The molecular formula is C11H7Cl2NO. The van der Waals surface area contributed by atoms with Crippen molar-refractivity contribution >= 4 is 29.0 Å². The summed E-state index contributed by atoms with van der Waals surface area (Å²) >= 11 is 11.6. The van der Waals surface area contributed by atoms with E-state index in [1.807, 2.05) is 0 Å². The molecule has 0 aliphatic carbocycles. The van der Waals surface area contributed by atoms with Crippen molar-refractivity contribution in [1.82, 2.24) is 4.98 Å². The van der Waals surface area contributed by atoms with Gasteiger partial charge in [-0.05, 0) is 24.3 Å². The molecule has 1 N–H and O–H groups in total. The number of H-pyrrole nitrogens is 1. The van der Waals surface area contributed by atoms with Crippen molar-refractivity contribution in [2.24, 2.45) is 0 Å². The maximum atomic E-state index is 11.8. The maximum Gasteiger partial charge on any atom is 0.194 e. The number of carbonyl (C=O) groups excluding carboxylic acids is 1. The van der Waals surface area contributed by atoms with Crippen LogP contribution in [-0.2, 0) is 0 Å². The first-order valence-electron chi connectivity index (χ1n) is 4.31. The lowest BCUT2D eigenvalue weighted by molar-refractivity contribution is 0.103. The number of aromatic amines is 1. The average molecular weight is 240 g/mol. The third kappa shape index (κ3) is 2.06. The van der Waals surface area contributed by atoms with E-state index in [0.29, 0.717) is 21.2 Å². The summed E-state index contributed by atoms with van der Waals surface area (Å²) in [6.07, 6.45) is 3.34. The SMILES string of the molecule is O=C(c1cc[nH]c1)c1ccc(Cl)c(Cl)c1. The molecule has 1 aromatic carbocycles. The second-order valence-corrected chi connectivity index (χ2v) is 3.87. The fourth-order valence-electron chi connectivity index (χ4n) is 1.27. The summed E-state index contributed by atoms with van der Waals surface area (Å²) in [5.41, 5.74) is 1.14. The van der Waals surface area contributed by atoms with Crippen molar-refractivity contribution < 1.29 is 4.79 Å². The molecule has 2 rings (SSSR count). The molecule has 0 saturated carbocycles. The van der Waals surface area contributed by atoms with E-state index in [0.717, 1.165) is 0 Å². The Labute approximate surface area is 96.8 Å². The molecule has 4 heteroatoms. The number of benzene rings is 1. The second kappa shape index (κ2) is 4.09. The summed E-state index contributed by atoms with van der Waals surface area (Å²) in [5, 5.41) is 0.834. The minimum atomic E-state index is -0.0742. The summed E-state index contributed by atoms with van der Waals surface area (Å²) < 4.78 is 0. The second-order valence-electron chi connectivity index (χ2n) is 3.06. The quantitative estimate of drug-likeness (QED) is 0.800. The molecule has 0 saturated heterocycles. The van der Waals surface area contributed by atoms with Crippen LogP contribution in [0, 0.1) is 0 Å². The van der Waals surface area contributed by atoms with Crippen molar-refractivity contribution in [1.29, 1.82) is 0 Å². The largest absolute Gasteiger partial charge is 0.367 e. The van der Waals surface area contributed by atoms with Gasteiger partial charge < -0.3 is 4.98 Å². The van der Waals surface area contributed by atoms with Gasteiger partial charge in [-0.25, -0.2) is 0 Å². The van der Waals surface area contributed by atoms with Crippen molar-refractivity contribution in [2.75, 3.05) is 0 Å². The summed E-state index contributed by atoms with van der Waals surface area (Å²) in [6.45, 7) is 0. The number of nitrogens with one attached hydrogen (secondary N) is 1. The molecule has 0 atom stereocenters. The highest BCUT2D eigenvalue weighted by molar-refractivity contribution is 6.42. The Bertz CT molecular complexity index is 491. The van der Waals surface area contributed by atoms with Crippen LogP contribution in [-0.4, -0.2) is 10.8 Å². The van der Waals surface area contributed by atoms with Gasteiger partial charge in [-0.1, -0.05) is 23.2 Å². The van der Waals surface area contributed by atoms with E-state index in [1.54, 1.807) is 36.7 Å². The number of hydrogen-bond acceptors (Lipinski definition) is 1. The molecule has 0 fully saturated rings. The Kier molecular flexibility index (Phi) is 2.80. The minimum absolute atomic E-state index is 0.0742. The molecule has 0 radical (unpaired) electrons. The van der Waals surface area contributed by atoms with Crippen LogP contribution in [0.15, 0.2) is 36.7 Å². The predicted molar refractivity (Wildman–Crippen MR) is 60.7 cm³/mol. The molecule has 0 unspecified atom stereocenters. The molecule has 15 heavy (non-hydrogen) atoms. The van der Waals surface area contributed by atoms with Gasteiger partial charge in [0.2, 0.25) is 0 Å². The Morgan fingerprint density at radius 2 is 1.87 bits per heavy atom. The first-order chi connectivity index (χ1) is 7.18. The Hall–Kier alpha value is -1.25. The van der Waals surface area contributed by atoms with Crippen LogP contribution >= 0.6 is 23.2 Å². The van der Waals surface area contributed by atoms with Crippen LogP contribution in [0.5, 0.6) is 0 Å². The van der Waals surface area contributed by atoms with E-state index in [4.69, 9.17) is 23.2 Å². The van der Waals surface area contributed by atoms with Gasteiger partial charge in [-0.15, -0.1) is 0 Å². The molecule has 0 amide bonds. The first-order valence-corrected chi connectivity index (χ1v) is 5.06. The predicted octanol–water partition coefficient (Wildman–Crippen LogP) is 3.55. The third-order valence-corrected chi connectivity index (χ3v) is 2.78. The molecular weight excluding hydrogens is 233 g/mol. The summed E-state index contributed by atoms with van der Waals surface area (Å²) in [6, 6.07) is 6.55. The molecule has 1 aromatic heterocycles. The average Bonchev–Trinajstić information content (AvgIpc) is 2.74. The van der Waals surface area contributed by atoms with Gasteiger partial charge in [0, 0.05) is 23.5 Å². The maximum absolute atomic E-state index is 11.8. The lowest BCUT2D eigenvalue weighted by atomic mass is 10.1. The van der Waals surface area contributed by atoms with Gasteiger partial charge in [0.05, 0.1) is 10.0 Å². The van der Waals surface area contributed by atoms with Crippen LogP contribution in [0.3, 0.4) is 0 Å². The fourth-order valence-corrected chi connectivity index (χ4v) is 1.57. The zero-order chi connectivity index (χ0) is 10.8. The Morgan fingerprint density at radius 1 is 1.07 bits per heavy atom. The van der Waals surface area contributed by atoms with E-state index >= 15 is 0 Å². The highest BCUT2D eigenvalue weighted by atomic mass is 35.5. The van der Waals surface area contributed by atoms with E-state index in [2.05, 4.69) is 4.98 Å². The summed E-state index contributed by atoms with van der Waals surface area (Å²) in [5.74, 6) is -0.0742. The van der Waals surface area contributed by atoms with E-state index in [-0.39, 0.29) is 5.78 Å². The van der Waals surface area contributed by atoms with Crippen molar-refractivity contribution in [3.63, 3.8) is 0 Å². The monoisotopic (exact) mass is 239 g/mol. The van der Waals surface area contributed by atoms with Crippen LogP contribution in [0.25, 0.3) is 0 Å². The Morgan fingerprint density at radius 3 is 2.47 bits per heavy atom. The molecule has 0 spiro atoms. The molecule has 0 aliphatic rings. The van der Waals surface area contributed by atoms with Gasteiger partial charge in [0.1, 0.15) is 0 Å². The van der Waals surface area contributed by atoms with Gasteiger partial charge in [-0.3, -0.25) is 4.79 Å². The molecule has 2 nitrogen and oxygen atoms in total. The lowest BCUT2D eigenvalue weighted by Gasteiger charge is -2.00. The number of halogens is 2. The molecule has 76 valence electrons. The van der Waals surface area contributed by atoms with E-state index < -0.39 is 0 Å². The number of aromatic nitrogens is 1. The fraction of sp³-hybridized carbons (Fsp3) is 0. The highest BCUT2D eigenvalue weighted by Gasteiger charge is 2.10. The van der Waals surface area contributed by atoms with Crippen LogP contribution in [0.1, 0.15) is 15.9 Å². The zero-order valence-corrected chi connectivity index (χ0v) is 9.14. The lowest BCUT2D eigenvalue weighted by Crippen LogP contribution is -1.99. The van der Waals surface area contributed by atoms with Crippen molar-refractivity contribution in [2.45, 2.75) is 0 Å². The van der Waals surface area contributed by atoms with Crippen LogP contribution in [0.4, 0.5) is 0 Å². The van der Waals surface area contributed by atoms with Crippen LogP contribution in [0.2, 0.25) is 10.0 Å². The third-order valence-electron chi connectivity index (χ3n) is 2.04. The summed E-state index contributed by atoms with van der Waals surface area (Å²) in [7, 11) is 0. The smallest absolute Gasteiger partial charge is 0.194 e. The van der Waals surface area contributed by atoms with Crippen molar-refractivity contribution in [3.05, 3.63) is 57.8 Å². The number of hydrogen-bond donors (Lipinski definition) is 1. The molecule has 0 bridgehead atoms. The number of ketones is 1. The van der Waals surface area contributed by atoms with E-state index in [1.165, 1.54) is 0 Å². The van der Waals surface area contributed by atoms with Crippen molar-refractivity contribution in [3.8, 4) is 0 Å². The standard InChI is InChI=1S/C11H7Cl2NO/c12-9-2-1-7(5-10(9)13)11(15)8-3-4-14-6-8/h1-6,14H. The molecule has 1 heterocycles. The Balaban J connectivity index is 2.39. The van der Waals surface area contributed by atoms with Gasteiger partial charge in [0.25, 0.3) is 0 Å². The molecule has 2 aromatic rings. The van der Waals surface area contributed by atoms with Crippen LogP contribution < -0.4 is 0 Å². The number of carbonyl (C=O) groups is 1. The normalized spacial score (nSPS) is 10.3. The molecule has 0 aliphatic heterocycles. The number of rotatable bonds is 2. The zero-order valence-electron chi connectivity index (χ0n) is 7.63. The highest BCUT2D eigenvalue weighted by Crippen LogP contribution is 2.23. The first kappa shape index (κ1) is 10.3. The van der Waals surface area contributed by atoms with Gasteiger partial charge >= 0.3 is 0 Å².